The van der Waals surface area contributed by atoms with Gasteiger partial charge in [0.25, 0.3) is 0 Å². The van der Waals surface area contributed by atoms with Gasteiger partial charge in [0.15, 0.2) is 0 Å². The average molecular weight is 61.1 g/mol. The zero-order valence-corrected chi connectivity index (χ0v) is 2.88. The van der Waals surface area contributed by atoms with Gasteiger partial charge in [0.05, 0.1) is 0 Å². The first-order valence-electron chi connectivity index (χ1n) is 1.19. The lowest BCUT2D eigenvalue weighted by Crippen LogP contribution is -1.58. The fraction of sp³-hybridized carbons (Fsp3) is 0.667. The van der Waals surface area contributed by atoms with Crippen molar-refractivity contribution in [3.05, 3.63) is 6.17 Å². The summed E-state index contributed by atoms with van der Waals surface area (Å²) in [5, 5.41) is 0. The van der Waals surface area contributed by atoms with Gasteiger partial charge in [0.1, 0.15) is 0 Å². The van der Waals surface area contributed by atoms with E-state index < -0.39 is 0 Å². The highest BCUT2D eigenvalue weighted by Gasteiger charge is 1.53. The van der Waals surface area contributed by atoms with Gasteiger partial charge in [0, 0.05) is 0 Å². The van der Waals surface area contributed by atoms with Gasteiger partial charge in [-0.2, -0.15) is 20.0 Å². The molecule has 0 fully saturated rings. The topological polar surface area (TPSA) is 0 Å². The number of rotatable bonds is 0. The third-order valence-electron chi connectivity index (χ3n) is 0. The smallest absolute Gasteiger partial charge is 0.160 e. The molecule has 0 spiro atoms. The van der Waals surface area contributed by atoms with Gasteiger partial charge in [-0.3, -0.25) is 0 Å². The quantitative estimate of drug-likeness (QED) is 0.372. The van der Waals surface area contributed by atoms with Crippen LogP contribution >= 0.6 is 0 Å². The molecule has 0 aliphatic heterocycles. The average Bonchev–Trinajstić information content (AvgIpc) is 0.811. The molecule has 0 heterocycles. The molecule has 0 aliphatic rings. The standard InChI is InChI=1S/C3H6F/c1-3(2)4/h1-2H3/q-1. The van der Waals surface area contributed by atoms with Crippen LogP contribution < -0.4 is 0 Å². The molecule has 0 aromatic heterocycles. The van der Waals surface area contributed by atoms with E-state index in [1.54, 1.807) is 0 Å². The molecule has 0 atom stereocenters. The molecule has 0 saturated carbocycles. The Bertz CT molecular complexity index is 8.00. The van der Waals surface area contributed by atoms with Crippen LogP contribution in [0.15, 0.2) is 0 Å². The molecule has 0 saturated heterocycles. The van der Waals surface area contributed by atoms with Crippen LogP contribution in [0.4, 0.5) is 4.39 Å². The zero-order chi connectivity index (χ0) is 3.58. The zero-order valence-electron chi connectivity index (χ0n) is 2.88. The summed E-state index contributed by atoms with van der Waals surface area (Å²) in [6.07, 6.45) is -0.0833. The summed E-state index contributed by atoms with van der Waals surface area (Å²) in [6, 6.07) is 0. The van der Waals surface area contributed by atoms with E-state index >= 15 is 0 Å². The summed E-state index contributed by atoms with van der Waals surface area (Å²) in [5.74, 6) is 0. The van der Waals surface area contributed by atoms with Gasteiger partial charge in [-0.15, -0.1) is 0 Å². The molecule has 26 valence electrons. The summed E-state index contributed by atoms with van der Waals surface area (Å²) in [4.78, 5) is 0. The Morgan fingerprint density at radius 1 is 1.50 bits per heavy atom. The summed E-state index contributed by atoms with van der Waals surface area (Å²) >= 11 is 0. The van der Waals surface area contributed by atoms with Crippen molar-refractivity contribution < 1.29 is 4.39 Å². The maximum Gasteiger partial charge on any atom is -0.160 e. The van der Waals surface area contributed by atoms with Crippen LogP contribution in [-0.4, -0.2) is 0 Å². The van der Waals surface area contributed by atoms with Crippen molar-refractivity contribution in [2.45, 2.75) is 13.8 Å². The van der Waals surface area contributed by atoms with Crippen molar-refractivity contribution in [2.75, 3.05) is 0 Å². The summed E-state index contributed by atoms with van der Waals surface area (Å²) in [5.41, 5.74) is 0. The Kier molecular flexibility index (Phi) is 1.25. The molecule has 0 aliphatic carbocycles. The number of halogens is 1. The Balaban J connectivity index is 2.32. The third-order valence-corrected chi connectivity index (χ3v) is 0. The second kappa shape index (κ2) is 1.27. The lowest BCUT2D eigenvalue weighted by molar-refractivity contribution is 0.524. The largest absolute Gasteiger partial charge is 0.457 e. The fourth-order valence-electron chi connectivity index (χ4n) is 0. The maximum atomic E-state index is 10.9. The molecule has 0 N–H and O–H groups in total. The Hall–Kier alpha value is -0.0700. The van der Waals surface area contributed by atoms with Crippen LogP contribution in [0.5, 0.6) is 0 Å². The summed E-state index contributed by atoms with van der Waals surface area (Å²) in [6.45, 7) is 2.83. The molecule has 0 amide bonds. The molecule has 4 heavy (non-hydrogen) atoms. The fourth-order valence-corrected chi connectivity index (χ4v) is 0. The number of hydrogen-bond donors (Lipinski definition) is 0. The molecule has 1 heteroatoms. The highest BCUT2D eigenvalue weighted by molar-refractivity contribution is 4.53. The van der Waals surface area contributed by atoms with E-state index in [9.17, 15) is 4.39 Å². The second-order valence-electron chi connectivity index (χ2n) is 0.878. The van der Waals surface area contributed by atoms with E-state index in [0.717, 1.165) is 0 Å². The van der Waals surface area contributed by atoms with Crippen molar-refractivity contribution in [3.63, 3.8) is 0 Å². The van der Waals surface area contributed by atoms with Gasteiger partial charge >= 0.3 is 0 Å². The van der Waals surface area contributed by atoms with Gasteiger partial charge in [0.2, 0.25) is 0 Å². The van der Waals surface area contributed by atoms with Crippen LogP contribution in [0.25, 0.3) is 0 Å². The van der Waals surface area contributed by atoms with E-state index in [1.165, 1.54) is 13.8 Å². The van der Waals surface area contributed by atoms with E-state index in [-0.39, 0.29) is 6.17 Å². The second-order valence-corrected chi connectivity index (χ2v) is 0.878. The number of hydrogen-bond acceptors (Lipinski definition) is 0. The Morgan fingerprint density at radius 2 is 1.50 bits per heavy atom. The molecule has 0 aromatic rings. The predicted molar refractivity (Wildman–Crippen MR) is 15.7 cm³/mol. The molecule has 0 aromatic carbocycles. The normalized spacial score (nSPS) is 9.00. The van der Waals surface area contributed by atoms with Crippen molar-refractivity contribution in [1.82, 2.24) is 0 Å². The molecule has 0 bridgehead atoms. The van der Waals surface area contributed by atoms with Crippen LogP contribution in [0.1, 0.15) is 13.8 Å². The Morgan fingerprint density at radius 3 is 1.50 bits per heavy atom. The van der Waals surface area contributed by atoms with E-state index in [1.807, 2.05) is 0 Å². The molecular formula is C3H6F-. The minimum Gasteiger partial charge on any atom is -0.457 e. The van der Waals surface area contributed by atoms with E-state index in [0.29, 0.717) is 0 Å². The van der Waals surface area contributed by atoms with Gasteiger partial charge in [-0.05, 0) is 0 Å². The lowest BCUT2D eigenvalue weighted by Gasteiger charge is -1.95. The highest BCUT2D eigenvalue weighted by atomic mass is 19.1. The predicted octanol–water partition coefficient (Wildman–Crippen LogP) is 1.53. The molecule has 0 nitrogen and oxygen atoms in total. The van der Waals surface area contributed by atoms with Crippen molar-refractivity contribution in [3.8, 4) is 0 Å². The van der Waals surface area contributed by atoms with E-state index in [2.05, 4.69) is 0 Å². The van der Waals surface area contributed by atoms with Crippen molar-refractivity contribution in [1.29, 1.82) is 0 Å². The third kappa shape index (κ3) is 341. The SMILES string of the molecule is C[C-](C)F. The van der Waals surface area contributed by atoms with Crippen LogP contribution in [-0.2, 0) is 0 Å². The minimum atomic E-state index is -0.0833. The van der Waals surface area contributed by atoms with Crippen molar-refractivity contribution >= 4 is 0 Å². The summed E-state index contributed by atoms with van der Waals surface area (Å²) < 4.78 is 10.9. The Labute approximate surface area is 25.6 Å². The van der Waals surface area contributed by atoms with Crippen LogP contribution in [0.3, 0.4) is 0 Å². The van der Waals surface area contributed by atoms with Gasteiger partial charge in [-0.1, -0.05) is 0 Å². The van der Waals surface area contributed by atoms with Crippen molar-refractivity contribution in [2.24, 2.45) is 0 Å². The molecule has 0 rings (SSSR count). The van der Waals surface area contributed by atoms with Crippen LogP contribution in [0, 0.1) is 6.17 Å². The van der Waals surface area contributed by atoms with Gasteiger partial charge < -0.3 is 4.39 Å². The molecule has 0 radical (unpaired) electrons. The first-order chi connectivity index (χ1) is 1.73. The summed E-state index contributed by atoms with van der Waals surface area (Å²) in [7, 11) is 0. The first kappa shape index (κ1) is 3.93. The van der Waals surface area contributed by atoms with Gasteiger partial charge in [-0.25, -0.2) is 0 Å². The van der Waals surface area contributed by atoms with Crippen LogP contribution in [0.2, 0.25) is 0 Å². The monoisotopic (exact) mass is 61.0 g/mol. The minimum absolute atomic E-state index is 0.0833. The maximum absolute atomic E-state index is 10.9. The molecule has 0 unspecified atom stereocenters. The van der Waals surface area contributed by atoms with E-state index in [4.69, 9.17) is 0 Å². The molecular weight excluding hydrogens is 55.0 g/mol. The lowest BCUT2D eigenvalue weighted by atomic mass is 10.5. The highest BCUT2D eigenvalue weighted by Crippen LogP contribution is 1.90. The first-order valence-corrected chi connectivity index (χ1v) is 1.19.